The SMILES string of the molecule is CC#CCOc1ccc(S(=O)(=O)/C=C/c2ccc(CN3CCOCC3)cc2)cc1. The van der Waals surface area contributed by atoms with Crippen LogP contribution in [-0.2, 0) is 21.1 Å². The van der Waals surface area contributed by atoms with Gasteiger partial charge in [-0.1, -0.05) is 30.2 Å². The Morgan fingerprint density at radius 2 is 1.76 bits per heavy atom. The molecule has 0 saturated carbocycles. The minimum Gasteiger partial charge on any atom is -0.481 e. The maximum Gasteiger partial charge on any atom is 0.199 e. The number of ether oxygens (including phenoxy) is 2. The fourth-order valence-corrected chi connectivity index (χ4v) is 3.92. The Morgan fingerprint density at radius 1 is 1.07 bits per heavy atom. The average molecular weight is 412 g/mol. The third kappa shape index (κ3) is 6.47. The van der Waals surface area contributed by atoms with Crippen molar-refractivity contribution in [1.29, 1.82) is 0 Å². The van der Waals surface area contributed by atoms with E-state index in [0.717, 1.165) is 38.4 Å². The van der Waals surface area contributed by atoms with Crippen LogP contribution in [0.1, 0.15) is 18.1 Å². The highest BCUT2D eigenvalue weighted by atomic mass is 32.2. The van der Waals surface area contributed by atoms with Crippen molar-refractivity contribution in [3.05, 3.63) is 65.1 Å². The summed E-state index contributed by atoms with van der Waals surface area (Å²) in [5, 5.41) is 1.24. The van der Waals surface area contributed by atoms with Gasteiger partial charge in [-0.3, -0.25) is 4.90 Å². The summed E-state index contributed by atoms with van der Waals surface area (Å²) in [6.45, 7) is 6.33. The number of nitrogens with zero attached hydrogens (tertiary/aromatic N) is 1. The summed E-state index contributed by atoms with van der Waals surface area (Å²) in [5.74, 6) is 6.13. The van der Waals surface area contributed by atoms with Crippen LogP contribution in [0, 0.1) is 11.8 Å². The lowest BCUT2D eigenvalue weighted by atomic mass is 10.1. The monoisotopic (exact) mass is 411 g/mol. The van der Waals surface area contributed by atoms with Crippen LogP contribution in [0.5, 0.6) is 5.75 Å². The molecule has 5 nitrogen and oxygen atoms in total. The van der Waals surface area contributed by atoms with Gasteiger partial charge in [0.05, 0.1) is 18.1 Å². The first-order valence-corrected chi connectivity index (χ1v) is 11.1. The molecule has 0 N–H and O–H groups in total. The Kier molecular flexibility index (Phi) is 7.48. The summed E-state index contributed by atoms with van der Waals surface area (Å²) in [4.78, 5) is 2.58. The molecule has 3 rings (SSSR count). The maximum atomic E-state index is 12.5. The molecule has 2 aromatic rings. The minimum atomic E-state index is -3.52. The first-order valence-electron chi connectivity index (χ1n) is 9.51. The highest BCUT2D eigenvalue weighted by Gasteiger charge is 2.11. The molecule has 0 radical (unpaired) electrons. The summed E-state index contributed by atoms with van der Waals surface area (Å²) in [6, 6.07) is 14.3. The molecule has 0 amide bonds. The van der Waals surface area contributed by atoms with Crippen molar-refractivity contribution in [3.63, 3.8) is 0 Å². The van der Waals surface area contributed by atoms with E-state index in [1.54, 1.807) is 37.3 Å². The molecule has 152 valence electrons. The van der Waals surface area contributed by atoms with E-state index in [4.69, 9.17) is 9.47 Å². The molecule has 0 unspecified atom stereocenters. The topological polar surface area (TPSA) is 55.8 Å². The lowest BCUT2D eigenvalue weighted by Gasteiger charge is -2.26. The summed E-state index contributed by atoms with van der Waals surface area (Å²) < 4.78 is 35.9. The van der Waals surface area contributed by atoms with Crippen LogP contribution in [0.15, 0.2) is 58.8 Å². The van der Waals surface area contributed by atoms with E-state index >= 15 is 0 Å². The smallest absolute Gasteiger partial charge is 0.199 e. The lowest BCUT2D eigenvalue weighted by Crippen LogP contribution is -2.35. The predicted octanol–water partition coefficient (Wildman–Crippen LogP) is 3.37. The van der Waals surface area contributed by atoms with Gasteiger partial charge < -0.3 is 9.47 Å². The first-order chi connectivity index (χ1) is 14.1. The van der Waals surface area contributed by atoms with Gasteiger partial charge in [0.15, 0.2) is 9.84 Å². The molecular weight excluding hydrogens is 386 g/mol. The van der Waals surface area contributed by atoms with Crippen molar-refractivity contribution < 1.29 is 17.9 Å². The summed E-state index contributed by atoms with van der Waals surface area (Å²) >= 11 is 0. The lowest BCUT2D eigenvalue weighted by molar-refractivity contribution is 0.0342. The van der Waals surface area contributed by atoms with Crippen molar-refractivity contribution in [2.45, 2.75) is 18.4 Å². The Labute approximate surface area is 172 Å². The predicted molar refractivity (Wildman–Crippen MR) is 114 cm³/mol. The van der Waals surface area contributed by atoms with Gasteiger partial charge in [-0.2, -0.15) is 0 Å². The number of benzene rings is 2. The van der Waals surface area contributed by atoms with E-state index in [1.807, 2.05) is 24.3 Å². The summed E-state index contributed by atoms with van der Waals surface area (Å²) in [6.07, 6.45) is 1.62. The van der Waals surface area contributed by atoms with Gasteiger partial charge in [-0.15, -0.1) is 5.92 Å². The molecular formula is C23H25NO4S. The first kappa shape index (κ1) is 21.1. The molecule has 0 atom stereocenters. The summed E-state index contributed by atoms with van der Waals surface area (Å²) in [5.41, 5.74) is 2.05. The Balaban J connectivity index is 1.60. The number of hydrogen-bond acceptors (Lipinski definition) is 5. The second-order valence-electron chi connectivity index (χ2n) is 6.66. The Bertz CT molecular complexity index is 978. The van der Waals surface area contributed by atoms with Gasteiger partial charge >= 0.3 is 0 Å². The largest absolute Gasteiger partial charge is 0.481 e. The molecule has 29 heavy (non-hydrogen) atoms. The van der Waals surface area contributed by atoms with Crippen LogP contribution < -0.4 is 4.74 Å². The van der Waals surface area contributed by atoms with Crippen LogP contribution in [0.2, 0.25) is 0 Å². The molecule has 6 heteroatoms. The van der Waals surface area contributed by atoms with Gasteiger partial charge in [0, 0.05) is 25.0 Å². The zero-order valence-corrected chi connectivity index (χ0v) is 17.3. The van der Waals surface area contributed by atoms with Crippen LogP contribution in [0.25, 0.3) is 6.08 Å². The normalized spacial score (nSPS) is 15.1. The zero-order valence-electron chi connectivity index (χ0n) is 16.5. The Morgan fingerprint density at radius 3 is 2.41 bits per heavy atom. The third-order valence-corrected chi connectivity index (χ3v) is 5.99. The van der Waals surface area contributed by atoms with Gasteiger partial charge in [0.25, 0.3) is 0 Å². The van der Waals surface area contributed by atoms with Gasteiger partial charge in [0.2, 0.25) is 0 Å². The van der Waals surface area contributed by atoms with Gasteiger partial charge in [0.1, 0.15) is 12.4 Å². The molecule has 2 aromatic carbocycles. The zero-order chi connectivity index (χ0) is 20.5. The number of hydrogen-bond donors (Lipinski definition) is 0. The number of rotatable bonds is 7. The molecule has 0 aromatic heterocycles. The quantitative estimate of drug-likeness (QED) is 0.654. The van der Waals surface area contributed by atoms with Crippen molar-refractivity contribution in [2.24, 2.45) is 0 Å². The average Bonchev–Trinajstić information content (AvgIpc) is 2.75. The standard InChI is InChI=1S/C23H25NO4S/c1-2-3-15-28-22-8-10-23(11-9-22)29(25,26)18-12-20-4-6-21(7-5-20)19-24-13-16-27-17-14-24/h4-12,18H,13-17,19H2,1H3/b18-12+. The fourth-order valence-electron chi connectivity index (χ4n) is 2.92. The van der Waals surface area contributed by atoms with E-state index in [2.05, 4.69) is 16.7 Å². The molecule has 1 fully saturated rings. The van der Waals surface area contributed by atoms with Crippen LogP contribution in [0.4, 0.5) is 0 Å². The van der Waals surface area contributed by atoms with Crippen molar-refractivity contribution >= 4 is 15.9 Å². The highest BCUT2D eigenvalue weighted by Crippen LogP contribution is 2.19. The van der Waals surface area contributed by atoms with Crippen LogP contribution in [-0.4, -0.2) is 46.2 Å². The molecule has 0 aliphatic carbocycles. The van der Waals surface area contributed by atoms with Gasteiger partial charge in [-0.25, -0.2) is 8.42 Å². The Hall–Kier alpha value is -2.59. The van der Waals surface area contributed by atoms with E-state index in [0.29, 0.717) is 5.75 Å². The van der Waals surface area contributed by atoms with Crippen LogP contribution >= 0.6 is 0 Å². The fraction of sp³-hybridized carbons (Fsp3) is 0.304. The van der Waals surface area contributed by atoms with E-state index in [1.165, 1.54) is 11.0 Å². The number of morpholine rings is 1. The number of sulfone groups is 1. The maximum absolute atomic E-state index is 12.5. The van der Waals surface area contributed by atoms with Gasteiger partial charge in [-0.05, 0) is 48.4 Å². The van der Waals surface area contributed by atoms with E-state index in [-0.39, 0.29) is 11.5 Å². The molecule has 1 aliphatic heterocycles. The van der Waals surface area contributed by atoms with Crippen molar-refractivity contribution in [1.82, 2.24) is 4.90 Å². The summed E-state index contributed by atoms with van der Waals surface area (Å²) in [7, 11) is -3.52. The minimum absolute atomic E-state index is 0.228. The second-order valence-corrected chi connectivity index (χ2v) is 8.50. The van der Waals surface area contributed by atoms with Crippen molar-refractivity contribution in [3.8, 4) is 17.6 Å². The molecule has 0 spiro atoms. The second kappa shape index (κ2) is 10.3. The highest BCUT2D eigenvalue weighted by molar-refractivity contribution is 7.94. The van der Waals surface area contributed by atoms with Crippen molar-refractivity contribution in [2.75, 3.05) is 32.9 Å². The van der Waals surface area contributed by atoms with Crippen LogP contribution in [0.3, 0.4) is 0 Å². The third-order valence-electron chi connectivity index (χ3n) is 4.57. The molecule has 0 bridgehead atoms. The molecule has 1 heterocycles. The molecule has 1 aliphatic rings. The van der Waals surface area contributed by atoms with E-state index < -0.39 is 9.84 Å². The molecule has 1 saturated heterocycles. The van der Waals surface area contributed by atoms with E-state index in [9.17, 15) is 8.42 Å².